The Morgan fingerprint density at radius 2 is 2.10 bits per heavy atom. The van der Waals surface area contributed by atoms with Gasteiger partial charge in [0, 0.05) is 0 Å². The maximum Gasteiger partial charge on any atom is 0.151 e. The Morgan fingerprint density at radius 3 is 2.60 bits per heavy atom. The number of rotatable bonds is 6. The molecule has 0 aliphatic carbocycles. The number of hydrogen-bond acceptors (Lipinski definition) is 3. The molecule has 10 heavy (non-hydrogen) atoms. The lowest BCUT2D eigenvalue weighted by Crippen LogP contribution is -3.01. The summed E-state index contributed by atoms with van der Waals surface area (Å²) >= 11 is 0. The Labute approximate surface area is 60.7 Å². The van der Waals surface area contributed by atoms with Gasteiger partial charge in [0.2, 0.25) is 0 Å². The number of hydroxylamine groups is 1. The Bertz CT molecular complexity index is 87.8. The second-order valence-electron chi connectivity index (χ2n) is 2.30. The normalized spacial score (nSPS) is 13.0. The molecule has 0 saturated carbocycles. The molecule has 0 aromatic carbocycles. The van der Waals surface area contributed by atoms with Crippen LogP contribution in [0.25, 0.3) is 0 Å². The van der Waals surface area contributed by atoms with Crippen molar-refractivity contribution in [3.63, 3.8) is 0 Å². The predicted molar refractivity (Wildman–Crippen MR) is 39.1 cm³/mol. The number of nitroso groups, excluding NO2 is 1. The Balaban J connectivity index is 2.95. The first-order valence-electron chi connectivity index (χ1n) is 3.67. The molecule has 1 N–H and O–H groups in total. The molecule has 60 valence electrons. The van der Waals surface area contributed by atoms with E-state index in [1.807, 2.05) is 0 Å². The molecule has 0 aliphatic rings. The third kappa shape index (κ3) is 5.65. The zero-order valence-corrected chi connectivity index (χ0v) is 6.30. The van der Waals surface area contributed by atoms with E-state index in [-0.39, 0.29) is 0 Å². The molecule has 0 amide bonds. The summed E-state index contributed by atoms with van der Waals surface area (Å²) in [6, 6.07) is 0. The first kappa shape index (κ1) is 9.52. The largest absolute Gasteiger partial charge is 0.604 e. The van der Waals surface area contributed by atoms with Crippen molar-refractivity contribution in [2.24, 2.45) is 5.29 Å². The molecule has 0 bridgehead atoms. The standard InChI is InChI=1S/C6H14N2O2/c1-2-3-4-5-6-8(10)7-9/h8H,2-6H2,1H3. The summed E-state index contributed by atoms with van der Waals surface area (Å²) < 4.78 is 0. The summed E-state index contributed by atoms with van der Waals surface area (Å²) in [7, 11) is 0. The van der Waals surface area contributed by atoms with Crippen molar-refractivity contribution >= 4 is 0 Å². The Kier molecular flexibility index (Phi) is 6.32. The lowest BCUT2D eigenvalue weighted by atomic mass is 10.2. The number of quaternary nitrogens is 1. The second-order valence-corrected chi connectivity index (χ2v) is 2.30. The van der Waals surface area contributed by atoms with E-state index in [1.54, 1.807) is 0 Å². The van der Waals surface area contributed by atoms with E-state index in [4.69, 9.17) is 0 Å². The van der Waals surface area contributed by atoms with Crippen LogP contribution in [0.4, 0.5) is 0 Å². The van der Waals surface area contributed by atoms with Gasteiger partial charge in [-0.3, -0.25) is 0 Å². The molecule has 0 saturated heterocycles. The highest BCUT2D eigenvalue weighted by atomic mass is 16.6. The highest BCUT2D eigenvalue weighted by molar-refractivity contribution is 4.37. The maximum atomic E-state index is 10.3. The van der Waals surface area contributed by atoms with Gasteiger partial charge in [0.25, 0.3) is 0 Å². The minimum Gasteiger partial charge on any atom is -0.604 e. The van der Waals surface area contributed by atoms with Crippen molar-refractivity contribution in [2.75, 3.05) is 6.54 Å². The number of hydrogen-bond donors (Lipinski definition) is 1. The molecule has 0 radical (unpaired) electrons. The topological polar surface area (TPSA) is 56.9 Å². The van der Waals surface area contributed by atoms with Crippen LogP contribution in [0.2, 0.25) is 0 Å². The highest BCUT2D eigenvalue weighted by Crippen LogP contribution is 1.95. The molecule has 0 aromatic rings. The fourth-order valence-electron chi connectivity index (χ4n) is 0.749. The molecule has 1 atom stereocenters. The summed E-state index contributed by atoms with van der Waals surface area (Å²) in [6.07, 6.45) is 4.10. The Morgan fingerprint density at radius 1 is 1.40 bits per heavy atom. The van der Waals surface area contributed by atoms with Crippen LogP contribution in [-0.4, -0.2) is 6.54 Å². The van der Waals surface area contributed by atoms with Crippen LogP contribution in [0.1, 0.15) is 32.6 Å². The average Bonchev–Trinajstić information content (AvgIpc) is 1.98. The van der Waals surface area contributed by atoms with E-state index < -0.39 is 5.17 Å². The van der Waals surface area contributed by atoms with Gasteiger partial charge in [0.15, 0.2) is 5.29 Å². The van der Waals surface area contributed by atoms with Crippen molar-refractivity contribution in [3.8, 4) is 0 Å². The first-order valence-corrected chi connectivity index (χ1v) is 3.67. The Hall–Kier alpha value is -0.480. The van der Waals surface area contributed by atoms with Gasteiger partial charge < -0.3 is 5.21 Å². The van der Waals surface area contributed by atoms with Gasteiger partial charge in [0.1, 0.15) is 6.54 Å². The fourth-order valence-corrected chi connectivity index (χ4v) is 0.749. The van der Waals surface area contributed by atoms with Crippen molar-refractivity contribution in [1.29, 1.82) is 0 Å². The molecule has 4 heteroatoms. The summed E-state index contributed by atoms with van der Waals surface area (Å²) in [5.74, 6) is 0. The fraction of sp³-hybridized carbons (Fsp3) is 1.00. The number of nitrogens with one attached hydrogen (secondary N) is 1. The number of unbranched alkanes of at least 4 members (excludes halogenated alkanes) is 3. The molecule has 0 spiro atoms. The summed E-state index contributed by atoms with van der Waals surface area (Å²) in [4.78, 5) is 9.57. The molecule has 0 aromatic heterocycles. The molecule has 0 aliphatic heterocycles. The van der Waals surface area contributed by atoms with Crippen molar-refractivity contribution in [2.45, 2.75) is 32.6 Å². The summed E-state index contributed by atoms with van der Waals surface area (Å²) in [5.41, 5.74) is 0. The van der Waals surface area contributed by atoms with E-state index >= 15 is 0 Å². The zero-order chi connectivity index (χ0) is 7.82. The van der Waals surface area contributed by atoms with E-state index in [9.17, 15) is 10.1 Å². The monoisotopic (exact) mass is 146 g/mol. The summed E-state index contributed by atoms with van der Waals surface area (Å²) in [5, 5.41) is 12.1. The molecular weight excluding hydrogens is 132 g/mol. The predicted octanol–water partition coefficient (Wildman–Crippen LogP) is 0.631. The minimum atomic E-state index is -0.517. The van der Waals surface area contributed by atoms with Gasteiger partial charge in [0.05, 0.1) is 0 Å². The van der Waals surface area contributed by atoms with Crippen LogP contribution in [-0.2, 0) is 0 Å². The van der Waals surface area contributed by atoms with Crippen LogP contribution >= 0.6 is 0 Å². The third-order valence-electron chi connectivity index (χ3n) is 1.35. The molecule has 0 heterocycles. The average molecular weight is 146 g/mol. The molecule has 0 fully saturated rings. The van der Waals surface area contributed by atoms with Crippen molar-refractivity contribution in [1.82, 2.24) is 0 Å². The van der Waals surface area contributed by atoms with Crippen molar-refractivity contribution < 1.29 is 5.17 Å². The van der Waals surface area contributed by atoms with Crippen LogP contribution in [0, 0.1) is 10.1 Å². The lowest BCUT2D eigenvalue weighted by molar-refractivity contribution is -0.857. The zero-order valence-electron chi connectivity index (χ0n) is 6.30. The van der Waals surface area contributed by atoms with Crippen molar-refractivity contribution in [3.05, 3.63) is 10.1 Å². The van der Waals surface area contributed by atoms with Gasteiger partial charge in [-0.15, -0.1) is 0 Å². The van der Waals surface area contributed by atoms with E-state index in [0.717, 1.165) is 25.7 Å². The van der Waals surface area contributed by atoms with E-state index in [1.165, 1.54) is 0 Å². The first-order chi connectivity index (χ1) is 4.81. The van der Waals surface area contributed by atoms with Gasteiger partial charge in [-0.05, 0) is 12.8 Å². The van der Waals surface area contributed by atoms with Gasteiger partial charge in [-0.2, -0.15) is 0 Å². The molecule has 1 unspecified atom stereocenters. The molecule has 0 rings (SSSR count). The maximum absolute atomic E-state index is 10.3. The van der Waals surface area contributed by atoms with Crippen LogP contribution in [0.5, 0.6) is 0 Å². The van der Waals surface area contributed by atoms with Crippen LogP contribution in [0.15, 0.2) is 5.29 Å². The van der Waals surface area contributed by atoms with Gasteiger partial charge in [-0.25, -0.2) is 5.17 Å². The second kappa shape index (κ2) is 6.64. The lowest BCUT2D eigenvalue weighted by Gasteiger charge is -2.08. The van der Waals surface area contributed by atoms with E-state index in [2.05, 4.69) is 12.2 Å². The number of nitrogens with zero attached hydrogens (tertiary/aromatic N) is 1. The van der Waals surface area contributed by atoms with Gasteiger partial charge in [-0.1, -0.05) is 24.7 Å². The molecule has 4 nitrogen and oxygen atoms in total. The summed E-state index contributed by atoms with van der Waals surface area (Å²) in [6.45, 7) is 2.42. The van der Waals surface area contributed by atoms with Crippen LogP contribution in [0.3, 0.4) is 0 Å². The quantitative estimate of drug-likeness (QED) is 0.339. The SMILES string of the molecule is CCCCCC[NH+]([O-])N=O. The smallest absolute Gasteiger partial charge is 0.151 e. The third-order valence-corrected chi connectivity index (χ3v) is 1.35. The van der Waals surface area contributed by atoms with Crippen LogP contribution < -0.4 is 5.17 Å². The molecular formula is C6H14N2O2. The van der Waals surface area contributed by atoms with E-state index in [0.29, 0.717) is 6.54 Å². The van der Waals surface area contributed by atoms with Gasteiger partial charge >= 0.3 is 0 Å². The highest BCUT2D eigenvalue weighted by Gasteiger charge is 1.93. The minimum absolute atomic E-state index is 0.323.